The quantitative estimate of drug-likeness (QED) is 0.376. The van der Waals surface area contributed by atoms with Crippen molar-refractivity contribution in [2.24, 2.45) is 0 Å². The van der Waals surface area contributed by atoms with E-state index in [4.69, 9.17) is 4.74 Å². The SMILES string of the molecule is CCOc1nc2cccc(C(=O)O)c2n1Cc1ccc(-c2ccccc2-c2nn[nH]n2)cc1F. The van der Waals surface area contributed by atoms with Crippen molar-refractivity contribution in [2.75, 3.05) is 6.61 Å². The molecule has 0 aliphatic carbocycles. The average molecular weight is 458 g/mol. The van der Waals surface area contributed by atoms with Gasteiger partial charge in [0.2, 0.25) is 5.82 Å². The lowest BCUT2D eigenvalue weighted by molar-refractivity contribution is 0.0698. The number of carboxylic acids is 1. The second-order valence-corrected chi connectivity index (χ2v) is 7.48. The molecule has 0 saturated heterocycles. The van der Waals surface area contributed by atoms with Gasteiger partial charge in [0.25, 0.3) is 6.01 Å². The van der Waals surface area contributed by atoms with Gasteiger partial charge in [-0.25, -0.2) is 9.18 Å². The minimum atomic E-state index is -1.09. The van der Waals surface area contributed by atoms with Gasteiger partial charge < -0.3 is 9.84 Å². The first-order valence-electron chi connectivity index (χ1n) is 10.5. The van der Waals surface area contributed by atoms with E-state index < -0.39 is 11.8 Å². The van der Waals surface area contributed by atoms with Crippen LogP contribution in [-0.2, 0) is 6.54 Å². The van der Waals surface area contributed by atoms with Crippen LogP contribution in [0.4, 0.5) is 4.39 Å². The van der Waals surface area contributed by atoms with Gasteiger partial charge in [-0.3, -0.25) is 4.57 Å². The Kier molecular flexibility index (Phi) is 5.46. The fourth-order valence-corrected chi connectivity index (χ4v) is 3.94. The van der Waals surface area contributed by atoms with Gasteiger partial charge in [0.1, 0.15) is 5.82 Å². The number of hydrogen-bond acceptors (Lipinski definition) is 6. The van der Waals surface area contributed by atoms with E-state index in [9.17, 15) is 9.90 Å². The van der Waals surface area contributed by atoms with E-state index in [1.165, 1.54) is 12.1 Å². The Morgan fingerprint density at radius 3 is 2.65 bits per heavy atom. The molecule has 0 aliphatic rings. The molecule has 2 aromatic heterocycles. The second-order valence-electron chi connectivity index (χ2n) is 7.48. The molecule has 2 N–H and O–H groups in total. The number of carbonyl (C=O) groups is 1. The van der Waals surface area contributed by atoms with E-state index in [1.807, 2.05) is 24.3 Å². The van der Waals surface area contributed by atoms with Gasteiger partial charge in [0.15, 0.2) is 0 Å². The van der Waals surface area contributed by atoms with E-state index in [1.54, 1.807) is 35.8 Å². The van der Waals surface area contributed by atoms with Gasteiger partial charge in [-0.15, -0.1) is 10.2 Å². The summed E-state index contributed by atoms with van der Waals surface area (Å²) in [5, 5.41) is 23.7. The number of ether oxygens (including phenoxy) is 1. The maximum absolute atomic E-state index is 15.3. The Balaban J connectivity index is 1.57. The lowest BCUT2D eigenvalue weighted by atomic mass is 9.98. The number of nitrogens with one attached hydrogen (secondary N) is 1. The van der Waals surface area contributed by atoms with Gasteiger partial charge in [-0.05, 0) is 41.5 Å². The Morgan fingerprint density at radius 2 is 1.94 bits per heavy atom. The van der Waals surface area contributed by atoms with E-state index in [0.717, 1.165) is 5.56 Å². The summed E-state index contributed by atoms with van der Waals surface area (Å²) in [6.07, 6.45) is 0. The summed E-state index contributed by atoms with van der Waals surface area (Å²) in [5.74, 6) is -1.13. The highest BCUT2D eigenvalue weighted by molar-refractivity contribution is 6.01. The summed E-state index contributed by atoms with van der Waals surface area (Å²) in [6, 6.07) is 17.4. The van der Waals surface area contributed by atoms with Gasteiger partial charge >= 0.3 is 5.97 Å². The molecule has 34 heavy (non-hydrogen) atoms. The monoisotopic (exact) mass is 458 g/mol. The van der Waals surface area contributed by atoms with E-state index in [0.29, 0.717) is 40.2 Å². The van der Waals surface area contributed by atoms with Gasteiger partial charge in [-0.2, -0.15) is 10.2 Å². The van der Waals surface area contributed by atoms with Crippen molar-refractivity contribution in [3.63, 3.8) is 0 Å². The maximum Gasteiger partial charge on any atom is 0.337 e. The zero-order valence-corrected chi connectivity index (χ0v) is 18.1. The smallest absolute Gasteiger partial charge is 0.337 e. The highest BCUT2D eigenvalue weighted by Crippen LogP contribution is 2.32. The number of carboxylic acid groups (broad SMARTS) is 1. The highest BCUT2D eigenvalue weighted by atomic mass is 19.1. The molecule has 0 saturated carbocycles. The average Bonchev–Trinajstić information content (AvgIpc) is 3.49. The second kappa shape index (κ2) is 8.74. The Labute approximate surface area is 192 Å². The number of para-hydroxylation sites is 1. The first-order chi connectivity index (χ1) is 16.6. The number of aromatic nitrogens is 6. The predicted molar refractivity (Wildman–Crippen MR) is 122 cm³/mol. The Bertz CT molecular complexity index is 1500. The predicted octanol–water partition coefficient (Wildman–Crippen LogP) is 4.17. The fraction of sp³-hybridized carbons (Fsp3) is 0.125. The fourth-order valence-electron chi connectivity index (χ4n) is 3.94. The van der Waals surface area contributed by atoms with Gasteiger partial charge in [-0.1, -0.05) is 42.5 Å². The van der Waals surface area contributed by atoms with Crippen LogP contribution in [0.1, 0.15) is 22.8 Å². The number of halogens is 1. The topological polar surface area (TPSA) is 119 Å². The summed E-state index contributed by atoms with van der Waals surface area (Å²) in [6.45, 7) is 2.19. The minimum absolute atomic E-state index is 0.0503. The van der Waals surface area contributed by atoms with Crippen LogP contribution in [0.15, 0.2) is 60.7 Å². The van der Waals surface area contributed by atoms with Gasteiger partial charge in [0.05, 0.1) is 29.7 Å². The molecule has 9 nitrogen and oxygen atoms in total. The molecule has 0 amide bonds. The lowest BCUT2D eigenvalue weighted by Gasteiger charge is -2.13. The molecule has 0 radical (unpaired) electrons. The third-order valence-electron chi connectivity index (χ3n) is 5.44. The molecule has 0 aliphatic heterocycles. The van der Waals surface area contributed by atoms with Crippen LogP contribution in [-0.4, -0.2) is 47.9 Å². The number of nitrogens with zero attached hydrogens (tertiary/aromatic N) is 5. The van der Waals surface area contributed by atoms with Crippen LogP contribution < -0.4 is 4.74 Å². The maximum atomic E-state index is 15.3. The van der Waals surface area contributed by atoms with Crippen molar-refractivity contribution in [2.45, 2.75) is 13.5 Å². The number of tetrazole rings is 1. The van der Waals surface area contributed by atoms with E-state index >= 15 is 4.39 Å². The third kappa shape index (κ3) is 3.75. The first-order valence-corrected chi connectivity index (χ1v) is 10.5. The molecule has 3 aromatic carbocycles. The molecule has 0 unspecified atom stereocenters. The minimum Gasteiger partial charge on any atom is -0.478 e. The highest BCUT2D eigenvalue weighted by Gasteiger charge is 2.20. The van der Waals surface area contributed by atoms with E-state index in [-0.39, 0.29) is 18.1 Å². The van der Waals surface area contributed by atoms with Crippen LogP contribution in [0, 0.1) is 5.82 Å². The third-order valence-corrected chi connectivity index (χ3v) is 5.44. The van der Waals surface area contributed by atoms with Crippen LogP contribution in [0.3, 0.4) is 0 Å². The number of H-pyrrole nitrogens is 1. The molecule has 5 aromatic rings. The zero-order valence-electron chi connectivity index (χ0n) is 18.1. The number of benzene rings is 3. The number of aromatic amines is 1. The largest absolute Gasteiger partial charge is 0.478 e. The van der Waals surface area contributed by atoms with Crippen LogP contribution >= 0.6 is 0 Å². The number of imidazole rings is 1. The Hall–Kier alpha value is -4.60. The normalized spacial score (nSPS) is 11.1. The number of rotatable bonds is 7. The van der Waals surface area contributed by atoms with Crippen molar-refractivity contribution in [3.8, 4) is 28.5 Å². The Morgan fingerprint density at radius 1 is 1.12 bits per heavy atom. The summed E-state index contributed by atoms with van der Waals surface area (Å²) < 4.78 is 22.6. The van der Waals surface area contributed by atoms with Crippen LogP contribution in [0.5, 0.6) is 6.01 Å². The molecule has 0 spiro atoms. The molecular formula is C24H19FN6O3. The molecule has 5 rings (SSSR count). The molecule has 2 heterocycles. The molecule has 0 bridgehead atoms. The molecule has 170 valence electrons. The van der Waals surface area contributed by atoms with Crippen LogP contribution in [0.2, 0.25) is 0 Å². The summed E-state index contributed by atoms with van der Waals surface area (Å²) in [7, 11) is 0. The lowest BCUT2D eigenvalue weighted by Crippen LogP contribution is -2.09. The van der Waals surface area contributed by atoms with Crippen molar-refractivity contribution >= 4 is 17.0 Å². The first kappa shape index (κ1) is 21.3. The van der Waals surface area contributed by atoms with Crippen molar-refractivity contribution in [3.05, 3.63) is 77.6 Å². The zero-order chi connectivity index (χ0) is 23.7. The van der Waals surface area contributed by atoms with Gasteiger partial charge in [0, 0.05) is 11.1 Å². The van der Waals surface area contributed by atoms with E-state index in [2.05, 4.69) is 25.6 Å². The standard InChI is InChI=1S/C24H19FN6O3/c1-2-34-24-26-20-9-5-8-18(23(32)33)21(20)31(24)13-15-11-10-14(12-19(15)25)16-6-3-4-7-17(16)22-27-29-30-28-22/h3-12H,2,13H2,1H3,(H,32,33)(H,27,28,29,30). The summed E-state index contributed by atoms with van der Waals surface area (Å²) in [5.41, 5.74) is 3.40. The van der Waals surface area contributed by atoms with Crippen molar-refractivity contribution in [1.82, 2.24) is 30.2 Å². The summed E-state index contributed by atoms with van der Waals surface area (Å²) >= 11 is 0. The molecule has 0 fully saturated rings. The number of hydrogen-bond donors (Lipinski definition) is 2. The molecule has 0 atom stereocenters. The molecular weight excluding hydrogens is 439 g/mol. The van der Waals surface area contributed by atoms with Crippen molar-refractivity contribution in [1.29, 1.82) is 0 Å². The van der Waals surface area contributed by atoms with Crippen LogP contribution in [0.25, 0.3) is 33.5 Å². The van der Waals surface area contributed by atoms with Crippen molar-refractivity contribution < 1.29 is 19.0 Å². The number of aromatic carboxylic acids is 1. The summed E-state index contributed by atoms with van der Waals surface area (Å²) in [4.78, 5) is 16.2. The number of fused-ring (bicyclic) bond motifs is 1. The molecule has 10 heteroatoms.